The molecule has 1 heterocycles. The number of hydrogen-bond acceptors (Lipinski definition) is 6. The summed E-state index contributed by atoms with van der Waals surface area (Å²) in [5.74, 6) is 0. The first kappa shape index (κ1) is 11.2. The molecule has 4 N–H and O–H groups in total. The van der Waals surface area contributed by atoms with E-state index < -0.39 is 30.7 Å². The van der Waals surface area contributed by atoms with E-state index in [9.17, 15) is 10.2 Å². The molecule has 1 aliphatic rings. The zero-order valence-electron chi connectivity index (χ0n) is 7.13. The smallest absolute Gasteiger partial charge is 0.183 e. The summed E-state index contributed by atoms with van der Waals surface area (Å²) in [6.45, 7) is -0.224. The minimum absolute atomic E-state index is 0.224. The standard InChI is InChI=1S/C6H11N3O5/c7-9-8-1-2-3(10)4(11)5(12)6(13)14-2/h2-6,10-13H,1H2/t2-,3+,4-,5+,6?/m1/s1. The largest absolute Gasteiger partial charge is 0.388 e. The average molecular weight is 205 g/mol. The van der Waals surface area contributed by atoms with E-state index in [1.807, 2.05) is 0 Å². The van der Waals surface area contributed by atoms with Crippen molar-refractivity contribution < 1.29 is 25.2 Å². The monoisotopic (exact) mass is 205 g/mol. The summed E-state index contributed by atoms with van der Waals surface area (Å²) in [4.78, 5) is 2.44. The van der Waals surface area contributed by atoms with Crippen molar-refractivity contribution in [3.05, 3.63) is 10.4 Å². The van der Waals surface area contributed by atoms with E-state index in [0.29, 0.717) is 0 Å². The molecule has 0 aromatic heterocycles. The van der Waals surface area contributed by atoms with Gasteiger partial charge in [0.2, 0.25) is 0 Å². The maximum atomic E-state index is 9.32. The van der Waals surface area contributed by atoms with Crippen molar-refractivity contribution >= 4 is 0 Å². The molecular formula is C6H11N3O5. The molecule has 1 rings (SSSR count). The molecule has 1 aliphatic heterocycles. The van der Waals surface area contributed by atoms with Crippen molar-refractivity contribution in [1.29, 1.82) is 0 Å². The number of aliphatic hydroxyl groups is 4. The van der Waals surface area contributed by atoms with Crippen molar-refractivity contribution in [2.45, 2.75) is 30.7 Å². The fourth-order valence-electron chi connectivity index (χ4n) is 1.20. The van der Waals surface area contributed by atoms with Gasteiger partial charge in [0.1, 0.15) is 18.3 Å². The number of hydrogen-bond donors (Lipinski definition) is 4. The lowest BCUT2D eigenvalue weighted by atomic mass is 9.99. The van der Waals surface area contributed by atoms with E-state index in [4.69, 9.17) is 20.5 Å². The van der Waals surface area contributed by atoms with Crippen LogP contribution in [0.25, 0.3) is 10.4 Å². The SMILES string of the molecule is [N-]=[N+]=NC[C@H]1OC(O)[C@@H](O)[C@H](O)[C@H]1O. The highest BCUT2D eigenvalue weighted by molar-refractivity contribution is 4.89. The second kappa shape index (κ2) is 4.56. The Balaban J connectivity index is 2.64. The topological polar surface area (TPSA) is 139 Å². The first-order valence-corrected chi connectivity index (χ1v) is 3.96. The van der Waals surface area contributed by atoms with Crippen molar-refractivity contribution in [2.75, 3.05) is 6.54 Å². The number of nitrogens with zero attached hydrogens (tertiary/aromatic N) is 3. The third kappa shape index (κ3) is 2.13. The number of ether oxygens (including phenoxy) is 1. The molecule has 14 heavy (non-hydrogen) atoms. The second-order valence-corrected chi connectivity index (χ2v) is 2.95. The van der Waals surface area contributed by atoms with E-state index in [2.05, 4.69) is 10.0 Å². The lowest BCUT2D eigenvalue weighted by Crippen LogP contribution is -2.58. The molecule has 8 heteroatoms. The molecule has 0 radical (unpaired) electrons. The second-order valence-electron chi connectivity index (χ2n) is 2.95. The van der Waals surface area contributed by atoms with Gasteiger partial charge in [0.25, 0.3) is 0 Å². The molecule has 1 saturated heterocycles. The molecule has 0 saturated carbocycles. The van der Waals surface area contributed by atoms with Crippen LogP contribution in [-0.2, 0) is 4.74 Å². The summed E-state index contributed by atoms with van der Waals surface area (Å²) in [6, 6.07) is 0. The van der Waals surface area contributed by atoms with Crippen LogP contribution in [0.3, 0.4) is 0 Å². The maximum absolute atomic E-state index is 9.32. The van der Waals surface area contributed by atoms with Crippen LogP contribution in [0.2, 0.25) is 0 Å². The van der Waals surface area contributed by atoms with Crippen molar-refractivity contribution in [3.8, 4) is 0 Å². The van der Waals surface area contributed by atoms with Gasteiger partial charge in [-0.2, -0.15) is 0 Å². The zero-order chi connectivity index (χ0) is 10.7. The zero-order valence-corrected chi connectivity index (χ0v) is 7.13. The molecule has 0 aromatic carbocycles. The van der Waals surface area contributed by atoms with Crippen molar-refractivity contribution in [3.63, 3.8) is 0 Å². The van der Waals surface area contributed by atoms with Crippen LogP contribution in [0, 0.1) is 0 Å². The Morgan fingerprint density at radius 2 is 1.79 bits per heavy atom. The molecule has 0 spiro atoms. The van der Waals surface area contributed by atoms with Gasteiger partial charge in [-0.15, -0.1) is 0 Å². The van der Waals surface area contributed by atoms with Gasteiger partial charge in [0.05, 0.1) is 12.6 Å². The molecule has 0 aromatic rings. The summed E-state index contributed by atoms with van der Waals surface area (Å²) in [5.41, 5.74) is 8.01. The maximum Gasteiger partial charge on any atom is 0.183 e. The van der Waals surface area contributed by atoms with Gasteiger partial charge in [-0.1, -0.05) is 5.11 Å². The van der Waals surface area contributed by atoms with Crippen LogP contribution in [-0.4, -0.2) is 57.7 Å². The van der Waals surface area contributed by atoms with Crippen LogP contribution in [0.5, 0.6) is 0 Å². The van der Waals surface area contributed by atoms with Crippen molar-refractivity contribution in [2.24, 2.45) is 5.11 Å². The fraction of sp³-hybridized carbons (Fsp3) is 1.00. The third-order valence-corrected chi connectivity index (χ3v) is 2.01. The van der Waals surface area contributed by atoms with Crippen LogP contribution >= 0.6 is 0 Å². The lowest BCUT2D eigenvalue weighted by molar-refractivity contribution is -0.279. The van der Waals surface area contributed by atoms with E-state index in [-0.39, 0.29) is 6.54 Å². The first-order chi connectivity index (χ1) is 6.57. The normalized spacial score (nSPS) is 43.0. The Hall–Kier alpha value is -0.890. The summed E-state index contributed by atoms with van der Waals surface area (Å²) < 4.78 is 4.71. The fourth-order valence-corrected chi connectivity index (χ4v) is 1.20. The molecule has 0 aliphatic carbocycles. The van der Waals surface area contributed by atoms with E-state index in [1.54, 1.807) is 0 Å². The first-order valence-electron chi connectivity index (χ1n) is 3.96. The summed E-state index contributed by atoms with van der Waals surface area (Å²) in [6.07, 6.45) is -7.07. The predicted octanol–water partition coefficient (Wildman–Crippen LogP) is -1.90. The summed E-state index contributed by atoms with van der Waals surface area (Å²) in [5, 5.41) is 39.8. The van der Waals surface area contributed by atoms with Crippen LogP contribution < -0.4 is 0 Å². The third-order valence-electron chi connectivity index (χ3n) is 2.01. The van der Waals surface area contributed by atoms with Gasteiger partial charge < -0.3 is 25.2 Å². The predicted molar refractivity (Wildman–Crippen MR) is 42.9 cm³/mol. The van der Waals surface area contributed by atoms with E-state index >= 15 is 0 Å². The highest BCUT2D eigenvalue weighted by Gasteiger charge is 2.42. The summed E-state index contributed by atoms with van der Waals surface area (Å²) >= 11 is 0. The Bertz CT molecular complexity index is 244. The lowest BCUT2D eigenvalue weighted by Gasteiger charge is -2.37. The van der Waals surface area contributed by atoms with Gasteiger partial charge in [-0.25, -0.2) is 0 Å². The van der Waals surface area contributed by atoms with E-state index in [1.165, 1.54) is 0 Å². The van der Waals surface area contributed by atoms with E-state index in [0.717, 1.165) is 0 Å². The molecule has 8 nitrogen and oxygen atoms in total. The minimum Gasteiger partial charge on any atom is -0.388 e. The number of aliphatic hydroxyl groups excluding tert-OH is 4. The molecule has 80 valence electrons. The molecule has 0 amide bonds. The number of azide groups is 1. The van der Waals surface area contributed by atoms with Gasteiger partial charge in [-0.05, 0) is 5.53 Å². The molecule has 1 unspecified atom stereocenters. The quantitative estimate of drug-likeness (QED) is 0.237. The highest BCUT2D eigenvalue weighted by Crippen LogP contribution is 2.19. The molecule has 1 fully saturated rings. The van der Waals surface area contributed by atoms with Crippen molar-refractivity contribution in [1.82, 2.24) is 0 Å². The molecule has 0 bridgehead atoms. The Morgan fingerprint density at radius 3 is 2.36 bits per heavy atom. The van der Waals surface area contributed by atoms with Crippen LogP contribution in [0.4, 0.5) is 0 Å². The van der Waals surface area contributed by atoms with Gasteiger partial charge in [0.15, 0.2) is 6.29 Å². The minimum atomic E-state index is -1.59. The highest BCUT2D eigenvalue weighted by atomic mass is 16.6. The Kier molecular flexibility index (Phi) is 3.64. The van der Waals surface area contributed by atoms with Gasteiger partial charge in [0, 0.05) is 4.91 Å². The summed E-state index contributed by atoms with van der Waals surface area (Å²) in [7, 11) is 0. The molecule has 5 atom stereocenters. The van der Waals surface area contributed by atoms with Gasteiger partial charge in [-0.3, -0.25) is 0 Å². The Labute approximate surface area is 79.0 Å². The number of rotatable bonds is 2. The van der Waals surface area contributed by atoms with Gasteiger partial charge >= 0.3 is 0 Å². The van der Waals surface area contributed by atoms with Crippen LogP contribution in [0.15, 0.2) is 5.11 Å². The van der Waals surface area contributed by atoms with Crippen LogP contribution in [0.1, 0.15) is 0 Å². The molecular weight excluding hydrogens is 194 g/mol. The Morgan fingerprint density at radius 1 is 1.14 bits per heavy atom. The average Bonchev–Trinajstić information content (AvgIpc) is 2.18.